The van der Waals surface area contributed by atoms with Gasteiger partial charge in [0.25, 0.3) is 0 Å². The summed E-state index contributed by atoms with van der Waals surface area (Å²) in [6.07, 6.45) is 6.10. The fraction of sp³-hybridized carbons (Fsp3) is 0.667. The Kier molecular flexibility index (Phi) is 5.06. The van der Waals surface area contributed by atoms with E-state index < -0.39 is 0 Å². The monoisotopic (exact) mass is 331 g/mol. The number of H-pyrrole nitrogens is 1. The molecule has 0 radical (unpaired) electrons. The fourth-order valence-corrected chi connectivity index (χ4v) is 3.68. The molecule has 0 spiro atoms. The summed E-state index contributed by atoms with van der Waals surface area (Å²) in [4.78, 5) is 2.52. The molecule has 1 aliphatic heterocycles. The Labute approximate surface area is 143 Å². The van der Waals surface area contributed by atoms with Gasteiger partial charge in [-0.1, -0.05) is 20.8 Å². The molecule has 0 unspecified atom stereocenters. The molecule has 0 aromatic carbocycles. The van der Waals surface area contributed by atoms with E-state index in [2.05, 4.69) is 47.0 Å². The first kappa shape index (κ1) is 17.2. The third-order valence-electron chi connectivity index (χ3n) is 4.93. The van der Waals surface area contributed by atoms with E-state index in [0.717, 1.165) is 32.5 Å². The van der Waals surface area contributed by atoms with Crippen LogP contribution in [0.4, 0.5) is 0 Å². The van der Waals surface area contributed by atoms with Crippen molar-refractivity contribution >= 4 is 0 Å². The van der Waals surface area contributed by atoms with Gasteiger partial charge in [0.05, 0.1) is 19.3 Å². The summed E-state index contributed by atoms with van der Waals surface area (Å²) in [5.74, 6) is 0.543. The zero-order chi connectivity index (χ0) is 17.2. The zero-order valence-electron chi connectivity index (χ0n) is 15.0. The van der Waals surface area contributed by atoms with Gasteiger partial charge in [0.1, 0.15) is 0 Å². The van der Waals surface area contributed by atoms with Crippen molar-refractivity contribution in [2.45, 2.75) is 58.0 Å². The van der Waals surface area contributed by atoms with Gasteiger partial charge in [0.15, 0.2) is 0 Å². The predicted octanol–water partition coefficient (Wildman–Crippen LogP) is 2.28. The van der Waals surface area contributed by atoms with Crippen LogP contribution in [0.1, 0.15) is 56.5 Å². The summed E-state index contributed by atoms with van der Waals surface area (Å²) < 4.78 is 1.95. The molecule has 0 atom stereocenters. The number of nitrogens with zero attached hydrogens (tertiary/aromatic N) is 4. The quantitative estimate of drug-likeness (QED) is 0.882. The molecule has 132 valence electrons. The SMILES string of the molecule is CC(C)(C)c1[nH]ncc1CN1CCC(c2ccnn2CCO)CC1. The number of nitrogens with one attached hydrogen (secondary N) is 1. The minimum Gasteiger partial charge on any atom is -0.394 e. The van der Waals surface area contributed by atoms with Crippen LogP contribution < -0.4 is 0 Å². The Hall–Kier alpha value is -1.66. The van der Waals surface area contributed by atoms with Crippen LogP contribution in [0.2, 0.25) is 0 Å². The van der Waals surface area contributed by atoms with E-state index in [1.165, 1.54) is 17.0 Å². The minimum absolute atomic E-state index is 0.0982. The van der Waals surface area contributed by atoms with E-state index in [0.29, 0.717) is 12.5 Å². The van der Waals surface area contributed by atoms with Crippen LogP contribution in [0.5, 0.6) is 0 Å². The molecule has 2 N–H and O–H groups in total. The molecule has 3 heterocycles. The van der Waals surface area contributed by atoms with Gasteiger partial charge in [0.2, 0.25) is 0 Å². The summed E-state index contributed by atoms with van der Waals surface area (Å²) in [5.41, 5.74) is 3.92. The van der Waals surface area contributed by atoms with Crippen molar-refractivity contribution < 1.29 is 5.11 Å². The van der Waals surface area contributed by atoms with Gasteiger partial charge in [-0.25, -0.2) is 0 Å². The lowest BCUT2D eigenvalue weighted by atomic mass is 9.89. The topological polar surface area (TPSA) is 70.0 Å². The van der Waals surface area contributed by atoms with Gasteiger partial charge in [0, 0.05) is 41.0 Å². The number of aromatic nitrogens is 4. The normalized spacial score (nSPS) is 17.5. The Morgan fingerprint density at radius 3 is 2.71 bits per heavy atom. The number of rotatable bonds is 5. The summed E-state index contributed by atoms with van der Waals surface area (Å²) >= 11 is 0. The van der Waals surface area contributed by atoms with E-state index in [9.17, 15) is 0 Å². The molecule has 2 aromatic rings. The highest BCUT2D eigenvalue weighted by Crippen LogP contribution is 2.30. The van der Waals surface area contributed by atoms with Crippen molar-refractivity contribution in [1.29, 1.82) is 0 Å². The maximum atomic E-state index is 9.16. The second-order valence-electron chi connectivity index (χ2n) is 7.77. The molecule has 2 aromatic heterocycles. The molecule has 24 heavy (non-hydrogen) atoms. The van der Waals surface area contributed by atoms with Gasteiger partial charge in [-0.15, -0.1) is 0 Å². The van der Waals surface area contributed by atoms with Crippen LogP contribution in [-0.2, 0) is 18.5 Å². The first-order valence-corrected chi connectivity index (χ1v) is 8.86. The molecule has 0 amide bonds. The molecule has 1 fully saturated rings. The van der Waals surface area contributed by atoms with Gasteiger partial charge in [-0.05, 0) is 32.0 Å². The predicted molar refractivity (Wildman–Crippen MR) is 93.9 cm³/mol. The molecular formula is C18H29N5O. The fourth-order valence-electron chi connectivity index (χ4n) is 3.68. The molecule has 1 aliphatic rings. The molecule has 1 saturated heterocycles. The first-order chi connectivity index (χ1) is 11.5. The van der Waals surface area contributed by atoms with Crippen molar-refractivity contribution in [3.8, 4) is 0 Å². The van der Waals surface area contributed by atoms with Crippen molar-refractivity contribution in [1.82, 2.24) is 24.9 Å². The van der Waals surface area contributed by atoms with Crippen molar-refractivity contribution in [2.24, 2.45) is 0 Å². The molecular weight excluding hydrogens is 302 g/mol. The summed E-state index contributed by atoms with van der Waals surface area (Å²) in [7, 11) is 0. The summed E-state index contributed by atoms with van der Waals surface area (Å²) in [6, 6.07) is 2.10. The smallest absolute Gasteiger partial charge is 0.0644 e. The highest BCUT2D eigenvalue weighted by Gasteiger charge is 2.26. The molecule has 3 rings (SSSR count). The second kappa shape index (κ2) is 7.07. The molecule has 6 nitrogen and oxygen atoms in total. The average Bonchev–Trinajstić information content (AvgIpc) is 3.17. The van der Waals surface area contributed by atoms with Crippen LogP contribution in [0, 0.1) is 0 Å². The highest BCUT2D eigenvalue weighted by atomic mass is 16.3. The van der Waals surface area contributed by atoms with Crippen molar-refractivity contribution in [3.63, 3.8) is 0 Å². The van der Waals surface area contributed by atoms with Crippen molar-refractivity contribution in [2.75, 3.05) is 19.7 Å². The van der Waals surface area contributed by atoms with Crippen molar-refractivity contribution in [3.05, 3.63) is 35.4 Å². The second-order valence-corrected chi connectivity index (χ2v) is 7.77. The van der Waals surface area contributed by atoms with Crippen LogP contribution in [0.3, 0.4) is 0 Å². The Morgan fingerprint density at radius 2 is 2.04 bits per heavy atom. The van der Waals surface area contributed by atoms with E-state index >= 15 is 0 Å². The molecule has 0 aliphatic carbocycles. The van der Waals surface area contributed by atoms with E-state index in [-0.39, 0.29) is 12.0 Å². The number of aliphatic hydroxyl groups is 1. The number of aromatic amines is 1. The van der Waals surface area contributed by atoms with Crippen LogP contribution in [-0.4, -0.2) is 49.7 Å². The number of aliphatic hydroxyl groups excluding tert-OH is 1. The third-order valence-corrected chi connectivity index (χ3v) is 4.93. The number of hydrogen-bond acceptors (Lipinski definition) is 4. The maximum Gasteiger partial charge on any atom is 0.0644 e. The average molecular weight is 331 g/mol. The van der Waals surface area contributed by atoms with E-state index in [4.69, 9.17) is 5.11 Å². The third kappa shape index (κ3) is 3.70. The lowest BCUT2D eigenvalue weighted by molar-refractivity contribution is 0.198. The standard InChI is InChI=1S/C18H29N5O/c1-18(2,3)17-15(12-19-21-17)13-22-8-5-14(6-9-22)16-4-7-20-23(16)10-11-24/h4,7,12,14,24H,5-6,8-11,13H2,1-3H3,(H,19,21). The Balaban J connectivity index is 1.60. The largest absolute Gasteiger partial charge is 0.394 e. The van der Waals surface area contributed by atoms with Crippen LogP contribution >= 0.6 is 0 Å². The summed E-state index contributed by atoms with van der Waals surface area (Å²) in [5, 5.41) is 20.9. The number of likely N-dealkylation sites (tertiary alicyclic amines) is 1. The van der Waals surface area contributed by atoms with Crippen LogP contribution in [0.25, 0.3) is 0 Å². The van der Waals surface area contributed by atoms with Gasteiger partial charge in [-0.3, -0.25) is 14.7 Å². The number of hydrogen-bond donors (Lipinski definition) is 2. The molecule has 6 heteroatoms. The molecule has 0 bridgehead atoms. The highest BCUT2D eigenvalue weighted by molar-refractivity contribution is 5.23. The Bertz CT molecular complexity index is 646. The summed E-state index contributed by atoms with van der Waals surface area (Å²) in [6.45, 7) is 10.5. The van der Waals surface area contributed by atoms with Gasteiger partial charge >= 0.3 is 0 Å². The van der Waals surface area contributed by atoms with E-state index in [1.54, 1.807) is 0 Å². The maximum absolute atomic E-state index is 9.16. The minimum atomic E-state index is 0.0982. The van der Waals surface area contributed by atoms with Crippen LogP contribution in [0.15, 0.2) is 18.5 Å². The van der Waals surface area contributed by atoms with Gasteiger partial charge in [-0.2, -0.15) is 10.2 Å². The Morgan fingerprint density at radius 1 is 1.29 bits per heavy atom. The van der Waals surface area contributed by atoms with Gasteiger partial charge < -0.3 is 5.11 Å². The number of piperidine rings is 1. The van der Waals surface area contributed by atoms with E-state index in [1.807, 2.05) is 17.1 Å². The first-order valence-electron chi connectivity index (χ1n) is 8.86. The zero-order valence-corrected chi connectivity index (χ0v) is 15.0. The molecule has 0 saturated carbocycles. The lowest BCUT2D eigenvalue weighted by Crippen LogP contribution is -2.33. The lowest BCUT2D eigenvalue weighted by Gasteiger charge is -2.32.